The Kier molecular flexibility index (Phi) is 5.12. The molecule has 0 spiro atoms. The number of pyridine rings is 1. The zero-order valence-electron chi connectivity index (χ0n) is 11.6. The predicted octanol–water partition coefficient (Wildman–Crippen LogP) is -0.357. The highest BCUT2D eigenvalue weighted by molar-refractivity contribution is 5.82. The van der Waals surface area contributed by atoms with E-state index in [2.05, 4.69) is 15.5 Å². The first-order chi connectivity index (χ1) is 10.5. The summed E-state index contributed by atoms with van der Waals surface area (Å²) in [6, 6.07) is 5.58. The molecule has 0 fully saturated rings. The Morgan fingerprint density at radius 3 is 2.64 bits per heavy atom. The van der Waals surface area contributed by atoms with Crippen LogP contribution >= 0.6 is 0 Å². The molecule has 2 atom stereocenters. The Balaban J connectivity index is 2.21. The van der Waals surface area contributed by atoms with E-state index in [1.807, 2.05) is 13.0 Å². The first-order valence-electron chi connectivity index (χ1n) is 6.29. The van der Waals surface area contributed by atoms with Crippen LogP contribution in [0.5, 0.6) is 0 Å². The molecule has 0 aliphatic carbocycles. The minimum Gasteiger partial charge on any atom is -0.595 e. The molecular formula is C13H15N5O4. The van der Waals surface area contributed by atoms with Crippen LogP contribution in [0.1, 0.15) is 11.1 Å². The quantitative estimate of drug-likeness (QED) is 0.378. The number of nitrogens with zero attached hydrogens (tertiary/aromatic N) is 2. The van der Waals surface area contributed by atoms with E-state index in [0.717, 1.165) is 17.2 Å². The van der Waals surface area contributed by atoms with Gasteiger partial charge >= 0.3 is 0 Å². The van der Waals surface area contributed by atoms with Crippen LogP contribution in [0, 0.1) is 17.3 Å². The summed E-state index contributed by atoms with van der Waals surface area (Å²) >= 11 is 0. The molecule has 0 aliphatic rings. The monoisotopic (exact) mass is 305 g/mol. The molecule has 0 saturated heterocycles. The Bertz CT molecular complexity index is 675. The third-order valence-electron chi connectivity index (χ3n) is 2.97. The van der Waals surface area contributed by atoms with Gasteiger partial charge in [0, 0.05) is 24.0 Å². The molecule has 0 bridgehead atoms. The molecule has 0 amide bonds. The van der Waals surface area contributed by atoms with Crippen LogP contribution in [0.4, 0.5) is 17.1 Å². The zero-order valence-corrected chi connectivity index (χ0v) is 11.6. The van der Waals surface area contributed by atoms with Crippen molar-refractivity contribution in [2.24, 2.45) is 5.10 Å². The molecule has 2 aromatic rings. The number of quaternary nitrogens is 2. The maximum absolute atomic E-state index is 11.2. The molecule has 9 nitrogen and oxygen atoms in total. The fraction of sp³-hybridized carbons (Fsp3) is 0.0769. The van der Waals surface area contributed by atoms with E-state index in [0.29, 0.717) is 0 Å². The fourth-order valence-corrected chi connectivity index (χ4v) is 1.73. The number of aryl methyl sites for hydroxylation is 1. The number of hydrogen-bond donors (Lipinski definition) is 5. The Hall–Kier alpha value is -2.40. The molecule has 116 valence electrons. The van der Waals surface area contributed by atoms with Crippen LogP contribution in [-0.2, 0) is 0 Å². The van der Waals surface area contributed by atoms with Gasteiger partial charge in [-0.1, -0.05) is 0 Å². The Morgan fingerprint density at radius 2 is 2.00 bits per heavy atom. The van der Waals surface area contributed by atoms with Crippen molar-refractivity contribution in [3.8, 4) is 0 Å². The van der Waals surface area contributed by atoms with Gasteiger partial charge < -0.3 is 10.4 Å². The number of aromatic nitrogens is 1. The fourth-order valence-electron chi connectivity index (χ4n) is 1.73. The molecule has 9 heteroatoms. The number of anilines is 1. The summed E-state index contributed by atoms with van der Waals surface area (Å²) in [6.45, 7) is 1.90. The molecule has 5 N–H and O–H groups in total. The van der Waals surface area contributed by atoms with Crippen LogP contribution in [0.3, 0.4) is 0 Å². The van der Waals surface area contributed by atoms with Crippen LogP contribution in [-0.4, -0.2) is 21.6 Å². The van der Waals surface area contributed by atoms with Crippen molar-refractivity contribution in [3.05, 3.63) is 58.2 Å². The summed E-state index contributed by atoms with van der Waals surface area (Å²) in [6.07, 6.45) is 4.80. The van der Waals surface area contributed by atoms with Crippen molar-refractivity contribution in [2.45, 2.75) is 6.92 Å². The standard InChI is InChI=1S/C13H15N5O4/c1-9-4-5-14-7-10(9)8-15-16-12-3-2-11(17(19)20)6-13(12)18(21)22/h2-8,16-19,21H,1H3. The number of hydrogen-bond acceptors (Lipinski definition) is 7. The molecule has 0 radical (unpaired) electrons. The van der Waals surface area contributed by atoms with Gasteiger partial charge in [0.05, 0.1) is 12.3 Å². The highest BCUT2D eigenvalue weighted by atomic mass is 16.8. The summed E-state index contributed by atoms with van der Waals surface area (Å²) in [5.41, 5.74) is 4.30. The highest BCUT2D eigenvalue weighted by Crippen LogP contribution is 2.20. The summed E-state index contributed by atoms with van der Waals surface area (Å²) < 4.78 is 0. The lowest BCUT2D eigenvalue weighted by molar-refractivity contribution is -0.996. The Labute approximate surface area is 125 Å². The molecule has 22 heavy (non-hydrogen) atoms. The van der Waals surface area contributed by atoms with E-state index in [9.17, 15) is 10.4 Å². The molecular weight excluding hydrogens is 290 g/mol. The molecule has 1 aromatic heterocycles. The smallest absolute Gasteiger partial charge is 0.195 e. The van der Waals surface area contributed by atoms with Crippen molar-refractivity contribution in [3.63, 3.8) is 0 Å². The van der Waals surface area contributed by atoms with Crippen molar-refractivity contribution in [2.75, 3.05) is 5.43 Å². The summed E-state index contributed by atoms with van der Waals surface area (Å²) in [7, 11) is 0. The van der Waals surface area contributed by atoms with Crippen LogP contribution in [0.2, 0.25) is 0 Å². The number of rotatable bonds is 5. The van der Waals surface area contributed by atoms with E-state index in [4.69, 9.17) is 10.4 Å². The second kappa shape index (κ2) is 7.04. The van der Waals surface area contributed by atoms with Gasteiger partial charge in [-0.3, -0.25) is 10.4 Å². The summed E-state index contributed by atoms with van der Waals surface area (Å²) in [5, 5.41) is 41.6. The minimum atomic E-state index is -1.24. The van der Waals surface area contributed by atoms with Gasteiger partial charge in [0.25, 0.3) is 0 Å². The van der Waals surface area contributed by atoms with E-state index >= 15 is 0 Å². The van der Waals surface area contributed by atoms with Gasteiger partial charge in [-0.2, -0.15) is 15.6 Å². The molecule has 0 saturated carbocycles. The maximum Gasteiger partial charge on any atom is 0.195 e. The average Bonchev–Trinajstić information content (AvgIpc) is 2.49. The lowest BCUT2D eigenvalue weighted by atomic mass is 10.2. The molecule has 0 aliphatic heterocycles. The Morgan fingerprint density at radius 1 is 1.23 bits per heavy atom. The van der Waals surface area contributed by atoms with E-state index in [1.54, 1.807) is 12.4 Å². The van der Waals surface area contributed by atoms with Crippen molar-refractivity contribution >= 4 is 23.3 Å². The molecule has 2 rings (SSSR count). The molecule has 1 aromatic carbocycles. The molecule has 1 heterocycles. The topological polar surface area (TPSA) is 133 Å². The SMILES string of the molecule is Cc1ccncc1C=NNc1ccc([NH+]([O-])O)cc1[NH+]([O-])O. The summed E-state index contributed by atoms with van der Waals surface area (Å²) in [5.74, 6) is 0. The third-order valence-corrected chi connectivity index (χ3v) is 2.97. The number of benzene rings is 1. The molecule has 2 unspecified atom stereocenters. The van der Waals surface area contributed by atoms with Gasteiger partial charge in [-0.05, 0) is 24.6 Å². The van der Waals surface area contributed by atoms with Gasteiger partial charge in [0.15, 0.2) is 11.4 Å². The maximum atomic E-state index is 11.2. The van der Waals surface area contributed by atoms with Crippen LogP contribution in [0.15, 0.2) is 41.8 Å². The summed E-state index contributed by atoms with van der Waals surface area (Å²) in [4.78, 5) is 3.97. The van der Waals surface area contributed by atoms with Crippen molar-refractivity contribution in [1.82, 2.24) is 4.98 Å². The first-order valence-corrected chi connectivity index (χ1v) is 6.29. The second-order valence-corrected chi connectivity index (χ2v) is 4.47. The van der Waals surface area contributed by atoms with Crippen molar-refractivity contribution < 1.29 is 20.9 Å². The predicted molar refractivity (Wildman–Crippen MR) is 78.2 cm³/mol. The second-order valence-electron chi connectivity index (χ2n) is 4.47. The largest absolute Gasteiger partial charge is 0.595 e. The van der Waals surface area contributed by atoms with Gasteiger partial charge in [-0.15, -0.1) is 0 Å². The van der Waals surface area contributed by atoms with Gasteiger partial charge in [0.1, 0.15) is 5.69 Å². The van der Waals surface area contributed by atoms with E-state index in [-0.39, 0.29) is 17.1 Å². The van der Waals surface area contributed by atoms with Crippen LogP contribution in [0.25, 0.3) is 0 Å². The van der Waals surface area contributed by atoms with Gasteiger partial charge in [0.2, 0.25) is 0 Å². The average molecular weight is 305 g/mol. The van der Waals surface area contributed by atoms with Gasteiger partial charge in [-0.25, -0.2) is 10.4 Å². The third kappa shape index (κ3) is 3.83. The highest BCUT2D eigenvalue weighted by Gasteiger charge is 2.13. The number of hydrazone groups is 1. The van der Waals surface area contributed by atoms with E-state index in [1.165, 1.54) is 18.3 Å². The normalized spacial score (nSPS) is 14.0. The van der Waals surface area contributed by atoms with Crippen molar-refractivity contribution in [1.29, 1.82) is 0 Å². The number of nitrogens with one attached hydrogen (secondary N) is 3. The first kappa shape index (κ1) is 16.0. The lowest BCUT2D eigenvalue weighted by Gasteiger charge is -2.18. The zero-order chi connectivity index (χ0) is 16.1. The lowest BCUT2D eigenvalue weighted by Crippen LogP contribution is -3.00. The minimum absolute atomic E-state index is 0.102. The van der Waals surface area contributed by atoms with E-state index < -0.39 is 10.5 Å². The van der Waals surface area contributed by atoms with Crippen LogP contribution < -0.4 is 15.9 Å².